The average molecular weight is 863 g/mol. The van der Waals surface area contributed by atoms with Gasteiger partial charge in [-0.1, -0.05) is 41.5 Å². The van der Waals surface area contributed by atoms with Gasteiger partial charge in [-0.25, -0.2) is 4.98 Å². The van der Waals surface area contributed by atoms with Gasteiger partial charge in [-0.05, 0) is 125 Å². The topological polar surface area (TPSA) is 123 Å². The Morgan fingerprint density at radius 3 is 1.35 bits per heavy atom. The largest absolute Gasteiger partial charge is 0.507 e. The molecule has 0 bridgehead atoms. The Balaban J connectivity index is 1.56. The number of benzene rings is 4. The van der Waals surface area contributed by atoms with Gasteiger partial charge in [-0.3, -0.25) is 0 Å². The lowest BCUT2D eigenvalue weighted by molar-refractivity contribution is 0.0689. The van der Waals surface area contributed by atoms with Crippen LogP contribution in [0, 0.1) is 0 Å². The summed E-state index contributed by atoms with van der Waals surface area (Å²) < 4.78 is 49.3. The predicted octanol–water partition coefficient (Wildman–Crippen LogP) is 11.5. The first-order chi connectivity index (χ1) is 28.6. The number of aromatic amines is 1. The first kappa shape index (κ1) is 47.5. The molecule has 0 fully saturated rings. The highest BCUT2D eigenvalue weighted by Crippen LogP contribution is 2.43. The van der Waals surface area contributed by atoms with Gasteiger partial charge >= 0.3 is 17.6 Å². The van der Waals surface area contributed by atoms with Crippen LogP contribution in [0.1, 0.15) is 107 Å². The highest BCUT2D eigenvalue weighted by molar-refractivity contribution is 6.61. The van der Waals surface area contributed by atoms with Crippen molar-refractivity contribution in [1.29, 1.82) is 0 Å². The van der Waals surface area contributed by atoms with Crippen LogP contribution in [0.3, 0.4) is 0 Å². The zero-order valence-electron chi connectivity index (χ0n) is 38.3. The molecular formula is C47H70N2O9Si2. The monoisotopic (exact) mass is 862 g/mol. The fourth-order valence-corrected chi connectivity index (χ4v) is 13.0. The van der Waals surface area contributed by atoms with Crippen LogP contribution in [0.4, 0.5) is 0 Å². The van der Waals surface area contributed by atoms with Gasteiger partial charge in [0.25, 0.3) is 0 Å². The van der Waals surface area contributed by atoms with Crippen LogP contribution < -0.4 is 9.47 Å². The van der Waals surface area contributed by atoms with Gasteiger partial charge in [-0.15, -0.1) is 0 Å². The second-order valence-corrected chi connectivity index (χ2v) is 22.5. The second kappa shape index (κ2) is 20.6. The summed E-state index contributed by atoms with van der Waals surface area (Å²) in [6.45, 7) is 28.8. The lowest BCUT2D eigenvalue weighted by atomic mass is 9.78. The van der Waals surface area contributed by atoms with E-state index in [9.17, 15) is 5.11 Å². The molecule has 0 spiro atoms. The van der Waals surface area contributed by atoms with Crippen molar-refractivity contribution in [1.82, 2.24) is 9.97 Å². The number of phenols is 1. The molecule has 5 aromatic rings. The Labute approximate surface area is 360 Å². The molecule has 11 nitrogen and oxygen atoms in total. The number of nitrogens with zero attached hydrogens (tertiary/aromatic N) is 1. The van der Waals surface area contributed by atoms with Crippen molar-refractivity contribution in [2.75, 3.05) is 52.9 Å². The highest BCUT2D eigenvalue weighted by atomic mass is 28.4. The molecule has 5 rings (SSSR count). The maximum Gasteiger partial charge on any atom is 0.501 e. The number of H-pyrrole nitrogens is 1. The molecular weight excluding hydrogens is 793 g/mol. The number of nitrogens with one attached hydrogen (secondary N) is 1. The van der Waals surface area contributed by atoms with E-state index in [2.05, 4.69) is 82.9 Å². The van der Waals surface area contributed by atoms with Crippen LogP contribution in [0.5, 0.6) is 17.2 Å². The second-order valence-electron chi connectivity index (χ2n) is 17.0. The van der Waals surface area contributed by atoms with Gasteiger partial charge in [0.15, 0.2) is 0 Å². The normalized spacial score (nSPS) is 12.9. The number of phenolic OH excluding ortho intramolecular Hbond substituents is 1. The Bertz CT molecular complexity index is 2000. The molecule has 2 N–H and O–H groups in total. The molecule has 0 saturated heterocycles. The molecule has 0 amide bonds. The van der Waals surface area contributed by atoms with Gasteiger partial charge in [0.1, 0.15) is 23.1 Å². The molecule has 0 saturated carbocycles. The van der Waals surface area contributed by atoms with Crippen molar-refractivity contribution in [2.24, 2.45) is 0 Å². The van der Waals surface area contributed by atoms with Crippen LogP contribution in [0.2, 0.25) is 12.1 Å². The van der Waals surface area contributed by atoms with Gasteiger partial charge < -0.3 is 46.1 Å². The summed E-state index contributed by atoms with van der Waals surface area (Å²) >= 11 is 0. The Kier molecular flexibility index (Phi) is 16.3. The van der Waals surface area contributed by atoms with Crippen molar-refractivity contribution in [3.8, 4) is 28.6 Å². The quantitative estimate of drug-likeness (QED) is 0.0373. The smallest absolute Gasteiger partial charge is 0.501 e. The first-order valence-electron chi connectivity index (χ1n) is 21.9. The number of fused-ring (bicyclic) bond motifs is 6. The van der Waals surface area contributed by atoms with Crippen molar-refractivity contribution in [2.45, 2.75) is 119 Å². The van der Waals surface area contributed by atoms with E-state index in [0.29, 0.717) is 70.7 Å². The summed E-state index contributed by atoms with van der Waals surface area (Å²) in [5.41, 5.74) is 3.93. The third-order valence-electron chi connectivity index (χ3n) is 10.5. The van der Waals surface area contributed by atoms with Crippen LogP contribution >= 0.6 is 0 Å². The maximum absolute atomic E-state index is 11.5. The van der Waals surface area contributed by atoms with Crippen LogP contribution in [0.15, 0.2) is 48.5 Å². The number of imidazole rings is 1. The number of rotatable bonds is 23. The molecule has 1 aromatic heterocycles. The number of hydrogen-bond acceptors (Lipinski definition) is 10. The highest BCUT2D eigenvalue weighted by Gasteiger charge is 2.40. The van der Waals surface area contributed by atoms with Gasteiger partial charge in [-0.2, -0.15) is 0 Å². The lowest BCUT2D eigenvalue weighted by Crippen LogP contribution is -2.46. The zero-order chi connectivity index (χ0) is 43.7. The van der Waals surface area contributed by atoms with E-state index in [1.165, 1.54) is 0 Å². The standard InChI is InChI=1S/C47H70N2O9Si2/c1-13-53-59(54-14-2,55-15-3)27-19-25-51-34-21-23-36-38(31-34)39-32-35(52-26-20-28-60(56-16-4,57-17-5)58-18-6)22-24-37(39)43-42(36)48-45(49-43)33-29-40(46(7,8)9)44(50)41(30-33)47(10,11)12/h21-24,29-32,50H,13-20,25-28H2,1-12H3,(H,48,49). The summed E-state index contributed by atoms with van der Waals surface area (Å²) in [5.74, 6) is 2.60. The minimum Gasteiger partial charge on any atom is -0.507 e. The van der Waals surface area contributed by atoms with E-state index < -0.39 is 17.6 Å². The van der Waals surface area contributed by atoms with Gasteiger partial charge in [0.2, 0.25) is 0 Å². The molecule has 13 heteroatoms. The number of ether oxygens (including phenoxy) is 2. The van der Waals surface area contributed by atoms with Crippen LogP contribution in [-0.4, -0.2) is 85.5 Å². The zero-order valence-corrected chi connectivity index (χ0v) is 40.3. The summed E-state index contributed by atoms with van der Waals surface area (Å²) in [6.07, 6.45) is 1.45. The van der Waals surface area contributed by atoms with E-state index in [4.69, 9.17) is 41.0 Å². The van der Waals surface area contributed by atoms with Crippen molar-refractivity contribution in [3.63, 3.8) is 0 Å². The molecule has 0 aliphatic carbocycles. The summed E-state index contributed by atoms with van der Waals surface area (Å²) in [6, 6.07) is 18.0. The number of aromatic hydroxyl groups is 1. The minimum atomic E-state index is -2.78. The predicted molar refractivity (Wildman–Crippen MR) is 247 cm³/mol. The molecule has 4 aromatic carbocycles. The molecule has 0 aliphatic rings. The summed E-state index contributed by atoms with van der Waals surface area (Å²) in [5, 5.41) is 15.5. The minimum absolute atomic E-state index is 0.282. The van der Waals surface area contributed by atoms with Crippen molar-refractivity contribution < 1.29 is 41.1 Å². The Morgan fingerprint density at radius 1 is 0.550 bits per heavy atom. The fourth-order valence-electron chi connectivity index (χ4n) is 7.87. The lowest BCUT2D eigenvalue weighted by Gasteiger charge is -2.28. The number of hydrogen-bond donors (Lipinski definition) is 2. The molecule has 0 aliphatic heterocycles. The van der Waals surface area contributed by atoms with Crippen molar-refractivity contribution >= 4 is 50.2 Å². The first-order valence-corrected chi connectivity index (χ1v) is 25.8. The molecule has 60 heavy (non-hydrogen) atoms. The Morgan fingerprint density at radius 2 is 0.950 bits per heavy atom. The summed E-state index contributed by atoms with van der Waals surface area (Å²) in [7, 11) is -5.57. The molecule has 330 valence electrons. The molecule has 1 heterocycles. The van der Waals surface area contributed by atoms with E-state index >= 15 is 0 Å². The molecule has 0 radical (unpaired) electrons. The maximum atomic E-state index is 11.5. The van der Waals surface area contributed by atoms with Gasteiger partial charge in [0.05, 0.1) is 24.2 Å². The Hall–Kier alpha value is -3.54. The van der Waals surface area contributed by atoms with E-state index in [-0.39, 0.29) is 10.8 Å². The number of aromatic nitrogens is 2. The average Bonchev–Trinajstić information content (AvgIpc) is 3.64. The van der Waals surface area contributed by atoms with E-state index in [1.54, 1.807) is 0 Å². The van der Waals surface area contributed by atoms with Crippen molar-refractivity contribution in [3.05, 3.63) is 59.7 Å². The van der Waals surface area contributed by atoms with Gasteiger partial charge in [0, 0.05) is 79.2 Å². The van der Waals surface area contributed by atoms with E-state index in [0.717, 1.165) is 79.4 Å². The third-order valence-corrected chi connectivity index (χ3v) is 16.8. The SMILES string of the molecule is CCO[Si](CCCOc1ccc2c(c1)c1cc(OCCC[Si](OCC)(OCC)OCC)ccc1c1[nH]c(-c3cc(C(C)(C)C)c(O)c(C(C)(C)C)c3)nc21)(OCC)OCC. The third kappa shape index (κ3) is 11.1. The van der Waals surface area contributed by atoms with Crippen LogP contribution in [-0.2, 0) is 37.4 Å². The summed E-state index contributed by atoms with van der Waals surface area (Å²) in [4.78, 5) is 9.01. The molecule has 0 atom stereocenters. The van der Waals surface area contributed by atoms with Crippen LogP contribution in [0.25, 0.3) is 44.0 Å². The van der Waals surface area contributed by atoms with E-state index in [1.807, 2.05) is 53.7 Å². The fraction of sp³-hybridized carbons (Fsp3) is 0.553. The molecule has 0 unspecified atom stereocenters.